The third kappa shape index (κ3) is 2.77. The Hall–Kier alpha value is -2.55. The third-order valence-corrected chi connectivity index (χ3v) is 2.42. The molecule has 0 aliphatic carbocycles. The molecule has 0 radical (unpaired) electrons. The number of aryl methyl sites for hydroxylation is 1. The Kier molecular flexibility index (Phi) is 3.44. The van der Waals surface area contributed by atoms with E-state index in [0.29, 0.717) is 35.9 Å². The molecule has 0 saturated heterocycles. The Morgan fingerprint density at radius 1 is 1.50 bits per heavy atom. The van der Waals surface area contributed by atoms with Crippen molar-refractivity contribution in [3.05, 3.63) is 35.5 Å². The van der Waals surface area contributed by atoms with E-state index in [9.17, 15) is 0 Å². The molecule has 0 atom stereocenters. The van der Waals surface area contributed by atoms with Crippen LogP contribution >= 0.6 is 0 Å². The predicted octanol–water partition coefficient (Wildman–Crippen LogP) is 1.49. The molecule has 2 rings (SSSR count). The minimum Gasteiger partial charge on any atom is -0.397 e. The fraction of sp³-hybridized carbons (Fsp3) is 0.250. The first kappa shape index (κ1) is 11.9. The molecule has 1 aromatic carbocycles. The van der Waals surface area contributed by atoms with Gasteiger partial charge in [-0.15, -0.1) is 0 Å². The van der Waals surface area contributed by atoms with Crippen LogP contribution < -0.4 is 11.1 Å². The number of nitrogen functional groups attached to an aromatic ring is 1. The van der Waals surface area contributed by atoms with Crippen molar-refractivity contribution in [1.29, 1.82) is 5.26 Å². The van der Waals surface area contributed by atoms with Crippen LogP contribution in [0.4, 0.5) is 11.4 Å². The van der Waals surface area contributed by atoms with E-state index in [1.807, 2.05) is 0 Å². The van der Waals surface area contributed by atoms with Gasteiger partial charge < -0.3 is 15.6 Å². The van der Waals surface area contributed by atoms with Crippen molar-refractivity contribution in [2.45, 2.75) is 13.3 Å². The topological polar surface area (TPSA) is 101 Å². The lowest BCUT2D eigenvalue weighted by Crippen LogP contribution is -2.08. The molecular weight excluding hydrogens is 230 g/mol. The van der Waals surface area contributed by atoms with Gasteiger partial charge in [0.2, 0.25) is 5.89 Å². The normalized spacial score (nSPS) is 10.0. The van der Waals surface area contributed by atoms with Crippen LogP contribution in [0.2, 0.25) is 0 Å². The maximum absolute atomic E-state index is 8.81. The Balaban J connectivity index is 1.96. The molecule has 0 bridgehead atoms. The summed E-state index contributed by atoms with van der Waals surface area (Å²) in [5.74, 6) is 1.20. The molecule has 0 aliphatic rings. The average Bonchev–Trinajstić information content (AvgIpc) is 2.77. The number of nitrogens with zero attached hydrogens (tertiary/aromatic N) is 3. The fourth-order valence-electron chi connectivity index (χ4n) is 1.53. The van der Waals surface area contributed by atoms with Gasteiger partial charge in [-0.3, -0.25) is 0 Å². The fourth-order valence-corrected chi connectivity index (χ4v) is 1.53. The van der Waals surface area contributed by atoms with Gasteiger partial charge in [-0.25, -0.2) is 0 Å². The number of benzene rings is 1. The zero-order chi connectivity index (χ0) is 13.0. The molecular formula is C12H13N5O. The van der Waals surface area contributed by atoms with Gasteiger partial charge in [-0.1, -0.05) is 5.16 Å². The Bertz CT molecular complexity index is 584. The van der Waals surface area contributed by atoms with Crippen molar-refractivity contribution >= 4 is 11.4 Å². The Morgan fingerprint density at radius 3 is 3.00 bits per heavy atom. The van der Waals surface area contributed by atoms with Gasteiger partial charge in [0.05, 0.1) is 23.0 Å². The van der Waals surface area contributed by atoms with Gasteiger partial charge in [-0.05, 0) is 18.2 Å². The molecule has 3 N–H and O–H groups in total. The van der Waals surface area contributed by atoms with E-state index in [0.717, 1.165) is 5.69 Å². The number of hydrogen-bond acceptors (Lipinski definition) is 6. The highest BCUT2D eigenvalue weighted by Crippen LogP contribution is 2.19. The van der Waals surface area contributed by atoms with Crippen molar-refractivity contribution in [2.75, 3.05) is 17.6 Å². The van der Waals surface area contributed by atoms with Crippen molar-refractivity contribution in [2.24, 2.45) is 0 Å². The first-order valence-electron chi connectivity index (χ1n) is 5.51. The van der Waals surface area contributed by atoms with Crippen molar-refractivity contribution in [3.8, 4) is 6.07 Å². The van der Waals surface area contributed by atoms with E-state index in [4.69, 9.17) is 15.5 Å². The van der Waals surface area contributed by atoms with E-state index < -0.39 is 0 Å². The van der Waals surface area contributed by atoms with Gasteiger partial charge >= 0.3 is 0 Å². The van der Waals surface area contributed by atoms with Gasteiger partial charge in [-0.2, -0.15) is 10.2 Å². The molecule has 92 valence electrons. The summed E-state index contributed by atoms with van der Waals surface area (Å²) < 4.78 is 4.87. The maximum Gasteiger partial charge on any atom is 0.223 e. The van der Waals surface area contributed by atoms with E-state index >= 15 is 0 Å². The summed E-state index contributed by atoms with van der Waals surface area (Å²) in [5, 5.41) is 15.7. The van der Waals surface area contributed by atoms with Gasteiger partial charge in [0.25, 0.3) is 0 Å². The lowest BCUT2D eigenvalue weighted by atomic mass is 10.2. The summed E-state index contributed by atoms with van der Waals surface area (Å²) in [6.07, 6.45) is 0.633. The largest absolute Gasteiger partial charge is 0.397 e. The number of nitrogens with one attached hydrogen (secondary N) is 1. The van der Waals surface area contributed by atoms with Crippen LogP contribution in [-0.4, -0.2) is 16.7 Å². The first-order chi connectivity index (χ1) is 8.69. The van der Waals surface area contributed by atoms with Gasteiger partial charge in [0, 0.05) is 19.9 Å². The highest BCUT2D eigenvalue weighted by atomic mass is 16.5. The predicted molar refractivity (Wildman–Crippen MR) is 66.8 cm³/mol. The summed E-state index contributed by atoms with van der Waals surface area (Å²) in [6.45, 7) is 2.37. The lowest BCUT2D eigenvalue weighted by Gasteiger charge is -2.08. The number of aromatic nitrogens is 2. The molecule has 0 aliphatic heterocycles. The molecule has 0 saturated carbocycles. The van der Waals surface area contributed by atoms with Crippen molar-refractivity contribution in [3.63, 3.8) is 0 Å². The summed E-state index contributed by atoms with van der Waals surface area (Å²) >= 11 is 0. The molecule has 1 heterocycles. The minimum absolute atomic E-state index is 0.552. The molecule has 2 aromatic rings. The van der Waals surface area contributed by atoms with E-state index in [1.54, 1.807) is 25.1 Å². The third-order valence-electron chi connectivity index (χ3n) is 2.42. The van der Waals surface area contributed by atoms with Crippen LogP contribution in [-0.2, 0) is 6.42 Å². The highest BCUT2D eigenvalue weighted by molar-refractivity contribution is 5.68. The van der Waals surface area contributed by atoms with Crippen LogP contribution in [0.25, 0.3) is 0 Å². The molecule has 6 heteroatoms. The monoisotopic (exact) mass is 243 g/mol. The number of hydrogen-bond donors (Lipinski definition) is 2. The summed E-state index contributed by atoms with van der Waals surface area (Å²) in [5.41, 5.74) is 7.73. The van der Waals surface area contributed by atoms with Crippen LogP contribution in [0.3, 0.4) is 0 Å². The number of nitriles is 1. The SMILES string of the molecule is Cc1nc(CCNc2cc(C#N)ccc2N)no1. The second-order valence-corrected chi connectivity index (χ2v) is 3.82. The standard InChI is InChI=1S/C12H13N5O/c1-8-16-12(17-18-8)4-5-15-11-6-9(7-13)2-3-10(11)14/h2-3,6,15H,4-5,14H2,1H3. The smallest absolute Gasteiger partial charge is 0.223 e. The Labute approximate surface area is 104 Å². The quantitative estimate of drug-likeness (QED) is 0.789. The van der Waals surface area contributed by atoms with Crippen LogP contribution in [0.1, 0.15) is 17.3 Å². The molecule has 0 amide bonds. The summed E-state index contributed by atoms with van der Waals surface area (Å²) in [4.78, 5) is 4.10. The number of anilines is 2. The average molecular weight is 243 g/mol. The molecule has 0 spiro atoms. The second kappa shape index (κ2) is 5.19. The van der Waals surface area contributed by atoms with Crippen molar-refractivity contribution < 1.29 is 4.52 Å². The number of rotatable bonds is 4. The molecule has 18 heavy (non-hydrogen) atoms. The summed E-state index contributed by atoms with van der Waals surface area (Å²) in [6, 6.07) is 7.18. The second-order valence-electron chi connectivity index (χ2n) is 3.82. The lowest BCUT2D eigenvalue weighted by molar-refractivity contribution is 0.387. The number of nitrogens with two attached hydrogens (primary N) is 1. The van der Waals surface area contributed by atoms with Crippen molar-refractivity contribution in [1.82, 2.24) is 10.1 Å². The van der Waals surface area contributed by atoms with Crippen LogP contribution in [0.5, 0.6) is 0 Å². The van der Waals surface area contributed by atoms with E-state index in [-0.39, 0.29) is 0 Å². The zero-order valence-electron chi connectivity index (χ0n) is 9.97. The van der Waals surface area contributed by atoms with E-state index in [2.05, 4.69) is 21.5 Å². The van der Waals surface area contributed by atoms with E-state index in [1.165, 1.54) is 0 Å². The molecule has 0 fully saturated rings. The Morgan fingerprint density at radius 2 is 2.33 bits per heavy atom. The highest BCUT2D eigenvalue weighted by Gasteiger charge is 2.03. The van der Waals surface area contributed by atoms with Gasteiger partial charge in [0.15, 0.2) is 5.82 Å². The van der Waals surface area contributed by atoms with Crippen LogP contribution in [0.15, 0.2) is 22.7 Å². The van der Waals surface area contributed by atoms with Gasteiger partial charge in [0.1, 0.15) is 0 Å². The molecule has 0 unspecified atom stereocenters. The summed E-state index contributed by atoms with van der Waals surface area (Å²) in [7, 11) is 0. The molecule has 1 aromatic heterocycles. The minimum atomic E-state index is 0.552. The molecule has 6 nitrogen and oxygen atoms in total. The van der Waals surface area contributed by atoms with Crippen LogP contribution in [0, 0.1) is 18.3 Å². The maximum atomic E-state index is 8.81. The zero-order valence-corrected chi connectivity index (χ0v) is 9.97. The first-order valence-corrected chi connectivity index (χ1v) is 5.51.